The lowest BCUT2D eigenvalue weighted by molar-refractivity contribution is 0.0956. The standard InChI is InChI=1S/C31H30N6O2/c1-36(2)20-23-9-12-25(13-10-23)29(33)26-14-11-22(18-28(26)32)6-4-16-35-30(38)27-8-5-17-37(31(27)39)21-24-7-3-15-34-19-24/h3,5,7-15,17-19,33H,16,20-21,32H2,1-2H3,(H,35,38). The van der Waals surface area contributed by atoms with Gasteiger partial charge in [0.25, 0.3) is 11.5 Å². The van der Waals surface area contributed by atoms with E-state index in [1.165, 1.54) is 16.2 Å². The monoisotopic (exact) mass is 518 g/mol. The summed E-state index contributed by atoms with van der Waals surface area (Å²) < 4.78 is 1.47. The van der Waals surface area contributed by atoms with Gasteiger partial charge in [0.15, 0.2) is 0 Å². The van der Waals surface area contributed by atoms with Crippen molar-refractivity contribution in [2.45, 2.75) is 13.1 Å². The summed E-state index contributed by atoms with van der Waals surface area (Å²) in [6.07, 6.45) is 4.98. The highest BCUT2D eigenvalue weighted by Crippen LogP contribution is 2.19. The van der Waals surface area contributed by atoms with Crippen molar-refractivity contribution in [2.75, 3.05) is 26.4 Å². The molecule has 0 saturated carbocycles. The molecule has 0 aliphatic heterocycles. The number of pyridine rings is 2. The van der Waals surface area contributed by atoms with Crippen LogP contribution in [0.3, 0.4) is 0 Å². The summed E-state index contributed by atoms with van der Waals surface area (Å²) in [5.74, 6) is 5.37. The van der Waals surface area contributed by atoms with E-state index in [2.05, 4.69) is 27.0 Å². The summed E-state index contributed by atoms with van der Waals surface area (Å²) in [5, 5.41) is 11.3. The highest BCUT2D eigenvalue weighted by molar-refractivity contribution is 6.13. The molecule has 0 unspecified atom stereocenters. The van der Waals surface area contributed by atoms with Gasteiger partial charge >= 0.3 is 0 Å². The van der Waals surface area contributed by atoms with E-state index < -0.39 is 5.91 Å². The number of nitrogens with one attached hydrogen (secondary N) is 2. The number of aromatic nitrogens is 2. The van der Waals surface area contributed by atoms with Gasteiger partial charge in [0.05, 0.1) is 18.8 Å². The Balaban J connectivity index is 1.37. The lowest BCUT2D eigenvalue weighted by atomic mass is 9.98. The molecule has 2 aromatic carbocycles. The third-order valence-electron chi connectivity index (χ3n) is 5.97. The summed E-state index contributed by atoms with van der Waals surface area (Å²) in [7, 11) is 4.03. The zero-order valence-electron chi connectivity index (χ0n) is 21.9. The molecular formula is C31H30N6O2. The molecule has 0 atom stereocenters. The summed E-state index contributed by atoms with van der Waals surface area (Å²) in [4.78, 5) is 31.5. The van der Waals surface area contributed by atoms with Gasteiger partial charge in [-0.3, -0.25) is 20.0 Å². The molecule has 0 aliphatic carbocycles. The Hall–Kier alpha value is -5.00. The summed E-state index contributed by atoms with van der Waals surface area (Å²) in [5.41, 5.74) is 10.8. The number of amides is 1. The largest absolute Gasteiger partial charge is 0.398 e. The smallest absolute Gasteiger partial charge is 0.263 e. The van der Waals surface area contributed by atoms with Crippen LogP contribution in [-0.4, -0.2) is 46.7 Å². The number of hydrogen-bond acceptors (Lipinski definition) is 6. The summed E-state index contributed by atoms with van der Waals surface area (Å²) >= 11 is 0. The fourth-order valence-electron chi connectivity index (χ4n) is 4.05. The molecule has 2 aromatic heterocycles. The van der Waals surface area contributed by atoms with Gasteiger partial charge in [-0.05, 0) is 61.6 Å². The maximum atomic E-state index is 12.8. The maximum absolute atomic E-state index is 12.8. The maximum Gasteiger partial charge on any atom is 0.263 e. The Morgan fingerprint density at radius 2 is 1.85 bits per heavy atom. The minimum Gasteiger partial charge on any atom is -0.398 e. The molecule has 0 spiro atoms. The molecule has 0 radical (unpaired) electrons. The van der Waals surface area contributed by atoms with E-state index in [4.69, 9.17) is 11.1 Å². The van der Waals surface area contributed by atoms with Gasteiger partial charge in [-0.25, -0.2) is 0 Å². The Labute approximate surface area is 227 Å². The van der Waals surface area contributed by atoms with E-state index >= 15 is 0 Å². The Morgan fingerprint density at radius 3 is 2.54 bits per heavy atom. The van der Waals surface area contributed by atoms with Crippen LogP contribution < -0.4 is 16.6 Å². The minimum atomic E-state index is -0.491. The van der Waals surface area contributed by atoms with E-state index in [0.29, 0.717) is 29.1 Å². The van der Waals surface area contributed by atoms with Crippen LogP contribution in [0.4, 0.5) is 5.69 Å². The molecule has 0 bridgehead atoms. The predicted molar refractivity (Wildman–Crippen MR) is 154 cm³/mol. The topological polar surface area (TPSA) is 117 Å². The van der Waals surface area contributed by atoms with Crippen molar-refractivity contribution in [1.82, 2.24) is 19.8 Å². The molecule has 0 fully saturated rings. The van der Waals surface area contributed by atoms with Gasteiger partial charge in [0.1, 0.15) is 5.56 Å². The van der Waals surface area contributed by atoms with Crippen molar-refractivity contribution in [1.29, 1.82) is 5.41 Å². The third-order valence-corrected chi connectivity index (χ3v) is 5.97. The first-order valence-corrected chi connectivity index (χ1v) is 12.4. The second-order valence-electron chi connectivity index (χ2n) is 9.31. The third kappa shape index (κ3) is 7.06. The molecule has 8 heteroatoms. The molecule has 0 aliphatic rings. The van der Waals surface area contributed by atoms with Crippen molar-refractivity contribution in [3.8, 4) is 11.8 Å². The Morgan fingerprint density at radius 1 is 1.05 bits per heavy atom. The fraction of sp³-hybridized carbons (Fsp3) is 0.161. The van der Waals surface area contributed by atoms with Crippen LogP contribution in [0.5, 0.6) is 0 Å². The van der Waals surface area contributed by atoms with Crippen LogP contribution in [0, 0.1) is 17.3 Å². The number of benzene rings is 2. The number of carbonyl (C=O) groups is 1. The van der Waals surface area contributed by atoms with E-state index in [9.17, 15) is 9.59 Å². The average Bonchev–Trinajstić information content (AvgIpc) is 2.92. The van der Waals surface area contributed by atoms with Crippen molar-refractivity contribution < 1.29 is 4.79 Å². The summed E-state index contributed by atoms with van der Waals surface area (Å²) in [6.45, 7) is 1.22. The summed E-state index contributed by atoms with van der Waals surface area (Å²) in [6, 6.07) is 20.0. The number of hydrogen-bond donors (Lipinski definition) is 3. The van der Waals surface area contributed by atoms with Crippen LogP contribution in [0.25, 0.3) is 0 Å². The van der Waals surface area contributed by atoms with Gasteiger partial charge in [0, 0.05) is 47.5 Å². The SMILES string of the molecule is CN(C)Cc1ccc(C(=N)c2ccc(C#CCNC(=O)c3cccn(Cc4cccnc4)c3=O)cc2N)cc1. The van der Waals surface area contributed by atoms with Crippen molar-refractivity contribution in [3.63, 3.8) is 0 Å². The van der Waals surface area contributed by atoms with Crippen LogP contribution in [0.2, 0.25) is 0 Å². The van der Waals surface area contributed by atoms with Crippen molar-refractivity contribution >= 4 is 17.3 Å². The lowest BCUT2D eigenvalue weighted by Crippen LogP contribution is -2.33. The van der Waals surface area contributed by atoms with Gasteiger partial charge in [-0.2, -0.15) is 0 Å². The van der Waals surface area contributed by atoms with Gasteiger partial charge in [0.2, 0.25) is 0 Å². The highest BCUT2D eigenvalue weighted by atomic mass is 16.2. The average molecular weight is 519 g/mol. The lowest BCUT2D eigenvalue weighted by Gasteiger charge is -2.11. The first-order valence-electron chi connectivity index (χ1n) is 12.4. The second kappa shape index (κ2) is 12.5. The molecular weight excluding hydrogens is 488 g/mol. The molecule has 4 N–H and O–H groups in total. The van der Waals surface area contributed by atoms with E-state index in [0.717, 1.165) is 17.7 Å². The molecule has 39 heavy (non-hydrogen) atoms. The number of anilines is 1. The minimum absolute atomic E-state index is 0.0463. The molecule has 8 nitrogen and oxygen atoms in total. The molecule has 4 aromatic rings. The molecule has 4 rings (SSSR count). The molecule has 0 saturated heterocycles. The van der Waals surface area contributed by atoms with E-state index in [1.807, 2.05) is 44.4 Å². The fourth-order valence-corrected chi connectivity index (χ4v) is 4.05. The van der Waals surface area contributed by atoms with Crippen LogP contribution in [-0.2, 0) is 13.1 Å². The zero-order valence-corrected chi connectivity index (χ0v) is 21.9. The van der Waals surface area contributed by atoms with E-state index in [-0.39, 0.29) is 17.7 Å². The first kappa shape index (κ1) is 27.0. The van der Waals surface area contributed by atoms with Crippen molar-refractivity contribution in [2.24, 2.45) is 0 Å². The van der Waals surface area contributed by atoms with Gasteiger partial charge in [-0.1, -0.05) is 42.2 Å². The Bertz CT molecular complexity index is 1600. The van der Waals surface area contributed by atoms with Crippen LogP contribution in [0.1, 0.15) is 38.2 Å². The van der Waals surface area contributed by atoms with Crippen LogP contribution >= 0.6 is 0 Å². The van der Waals surface area contributed by atoms with E-state index in [1.54, 1.807) is 48.9 Å². The number of nitrogens with zero attached hydrogens (tertiary/aromatic N) is 3. The zero-order chi connectivity index (χ0) is 27.8. The van der Waals surface area contributed by atoms with Gasteiger partial charge < -0.3 is 20.5 Å². The number of rotatable bonds is 8. The predicted octanol–water partition coefficient (Wildman–Crippen LogP) is 3.13. The second-order valence-corrected chi connectivity index (χ2v) is 9.31. The highest BCUT2D eigenvalue weighted by Gasteiger charge is 2.12. The van der Waals surface area contributed by atoms with Gasteiger partial charge in [-0.15, -0.1) is 0 Å². The quantitative estimate of drug-likeness (QED) is 0.188. The van der Waals surface area contributed by atoms with Crippen molar-refractivity contribution in [3.05, 3.63) is 129 Å². The first-order chi connectivity index (χ1) is 18.8. The Kier molecular flexibility index (Phi) is 8.67. The number of carbonyl (C=O) groups excluding carboxylic acids is 1. The van der Waals surface area contributed by atoms with Crippen LogP contribution in [0.15, 0.2) is 90.1 Å². The molecule has 2 heterocycles. The number of nitrogens with two attached hydrogens (primary N) is 1. The number of nitrogen functional groups attached to an aromatic ring is 1. The normalized spacial score (nSPS) is 10.5. The molecule has 196 valence electrons. The molecule has 1 amide bonds.